The highest BCUT2D eigenvalue weighted by molar-refractivity contribution is 5.03. The zero-order chi connectivity index (χ0) is 11.3. The third-order valence-corrected chi connectivity index (χ3v) is 2.70. The van der Waals surface area contributed by atoms with Crippen LogP contribution >= 0.6 is 0 Å². The number of nitrogens with one attached hydrogen (secondary N) is 1. The predicted octanol–water partition coefficient (Wildman–Crippen LogP) is 2.60. The van der Waals surface area contributed by atoms with Crippen LogP contribution in [0.5, 0.6) is 0 Å². The maximum Gasteiger partial charge on any atom is 0.0534 e. The molecule has 0 saturated heterocycles. The summed E-state index contributed by atoms with van der Waals surface area (Å²) >= 11 is 0. The van der Waals surface area contributed by atoms with Crippen molar-refractivity contribution in [2.24, 2.45) is 5.92 Å². The first-order valence-electron chi connectivity index (χ1n) is 5.87. The van der Waals surface area contributed by atoms with Crippen molar-refractivity contribution >= 4 is 0 Å². The molecule has 3 heteroatoms. The monoisotopic (exact) mass is 209 g/mol. The molecule has 86 valence electrons. The van der Waals surface area contributed by atoms with Gasteiger partial charge in [-0.1, -0.05) is 20.3 Å². The summed E-state index contributed by atoms with van der Waals surface area (Å²) in [6, 6.07) is 0.452. The van der Waals surface area contributed by atoms with Crippen molar-refractivity contribution in [2.75, 3.05) is 6.54 Å². The molecule has 1 aromatic heterocycles. The molecule has 0 bridgehead atoms. The second-order valence-electron chi connectivity index (χ2n) is 4.57. The van der Waals surface area contributed by atoms with E-state index in [1.165, 1.54) is 12.0 Å². The maximum absolute atomic E-state index is 4.31. The Kier molecular flexibility index (Phi) is 4.82. The molecule has 0 aromatic carbocycles. The molecule has 1 aromatic rings. The molecule has 1 N–H and O–H groups in total. The van der Waals surface area contributed by atoms with Crippen molar-refractivity contribution in [1.29, 1.82) is 0 Å². The lowest BCUT2D eigenvalue weighted by atomic mass is 10.1. The number of hydrogen-bond acceptors (Lipinski definition) is 2. The molecule has 1 atom stereocenters. The van der Waals surface area contributed by atoms with Crippen LogP contribution in [0.1, 0.15) is 45.7 Å². The van der Waals surface area contributed by atoms with Crippen LogP contribution in [-0.4, -0.2) is 16.3 Å². The molecule has 1 rings (SSSR count). The van der Waals surface area contributed by atoms with Crippen LogP contribution in [-0.2, 0) is 6.54 Å². The first-order valence-corrected chi connectivity index (χ1v) is 5.87. The Hall–Kier alpha value is -0.830. The standard InChI is InChI=1S/C12H23N3/c1-5-11(4)6-13-7-12-8-14-15(9-12)10(2)3/h8-11,13H,5-7H2,1-4H3. The Morgan fingerprint density at radius 3 is 2.67 bits per heavy atom. The van der Waals surface area contributed by atoms with Crippen molar-refractivity contribution < 1.29 is 0 Å². The molecule has 15 heavy (non-hydrogen) atoms. The van der Waals surface area contributed by atoms with E-state index in [0.29, 0.717) is 6.04 Å². The van der Waals surface area contributed by atoms with Gasteiger partial charge in [0.25, 0.3) is 0 Å². The second kappa shape index (κ2) is 5.91. The van der Waals surface area contributed by atoms with Crippen molar-refractivity contribution in [2.45, 2.75) is 46.7 Å². The van der Waals surface area contributed by atoms with Gasteiger partial charge in [-0.25, -0.2) is 0 Å². The van der Waals surface area contributed by atoms with E-state index in [-0.39, 0.29) is 0 Å². The van der Waals surface area contributed by atoms with Gasteiger partial charge in [-0.05, 0) is 26.3 Å². The molecular formula is C12H23N3. The summed E-state index contributed by atoms with van der Waals surface area (Å²) in [6.07, 6.45) is 5.30. The number of rotatable bonds is 6. The van der Waals surface area contributed by atoms with Crippen LogP contribution < -0.4 is 5.32 Å². The fraction of sp³-hybridized carbons (Fsp3) is 0.750. The average Bonchev–Trinajstić information content (AvgIpc) is 2.66. The normalized spacial score (nSPS) is 13.4. The molecule has 3 nitrogen and oxygen atoms in total. The Morgan fingerprint density at radius 2 is 2.13 bits per heavy atom. The third kappa shape index (κ3) is 4.04. The fourth-order valence-corrected chi connectivity index (χ4v) is 1.36. The SMILES string of the molecule is CCC(C)CNCc1cnn(C(C)C)c1. The summed E-state index contributed by atoms with van der Waals surface area (Å²) in [5.74, 6) is 0.755. The lowest BCUT2D eigenvalue weighted by Gasteiger charge is -2.08. The van der Waals surface area contributed by atoms with Gasteiger partial charge in [-0.2, -0.15) is 5.10 Å². The largest absolute Gasteiger partial charge is 0.312 e. The molecule has 0 aliphatic rings. The second-order valence-corrected chi connectivity index (χ2v) is 4.57. The van der Waals surface area contributed by atoms with Gasteiger partial charge in [0, 0.05) is 24.3 Å². The summed E-state index contributed by atoms with van der Waals surface area (Å²) < 4.78 is 2.00. The summed E-state index contributed by atoms with van der Waals surface area (Å²) in [4.78, 5) is 0. The van der Waals surface area contributed by atoms with E-state index in [1.54, 1.807) is 0 Å². The molecule has 1 heterocycles. The van der Waals surface area contributed by atoms with Crippen LogP contribution in [0.25, 0.3) is 0 Å². The summed E-state index contributed by atoms with van der Waals surface area (Å²) in [5.41, 5.74) is 1.27. The van der Waals surface area contributed by atoms with E-state index < -0.39 is 0 Å². The Balaban J connectivity index is 2.31. The fourth-order valence-electron chi connectivity index (χ4n) is 1.36. The zero-order valence-electron chi connectivity index (χ0n) is 10.3. The minimum Gasteiger partial charge on any atom is -0.312 e. The molecule has 0 saturated carbocycles. The molecule has 0 radical (unpaired) electrons. The molecule has 0 amide bonds. The van der Waals surface area contributed by atoms with Gasteiger partial charge < -0.3 is 5.32 Å². The molecule has 0 aliphatic heterocycles. The van der Waals surface area contributed by atoms with E-state index in [0.717, 1.165) is 19.0 Å². The van der Waals surface area contributed by atoms with Crippen LogP contribution in [0.3, 0.4) is 0 Å². The lowest BCUT2D eigenvalue weighted by molar-refractivity contribution is 0.499. The summed E-state index contributed by atoms with van der Waals surface area (Å²) in [7, 11) is 0. The Morgan fingerprint density at radius 1 is 1.40 bits per heavy atom. The van der Waals surface area contributed by atoms with E-state index >= 15 is 0 Å². The zero-order valence-corrected chi connectivity index (χ0v) is 10.3. The van der Waals surface area contributed by atoms with Crippen LogP contribution in [0.4, 0.5) is 0 Å². The van der Waals surface area contributed by atoms with Crippen molar-refractivity contribution in [3.05, 3.63) is 18.0 Å². The first kappa shape index (κ1) is 12.2. The van der Waals surface area contributed by atoms with Gasteiger partial charge in [-0.3, -0.25) is 4.68 Å². The average molecular weight is 209 g/mol. The van der Waals surface area contributed by atoms with E-state index in [2.05, 4.69) is 44.3 Å². The summed E-state index contributed by atoms with van der Waals surface area (Å²) in [6.45, 7) is 10.8. The van der Waals surface area contributed by atoms with Gasteiger partial charge in [0.2, 0.25) is 0 Å². The Bertz CT molecular complexity index is 278. The number of nitrogens with zero attached hydrogens (tertiary/aromatic N) is 2. The lowest BCUT2D eigenvalue weighted by Crippen LogP contribution is -2.20. The topological polar surface area (TPSA) is 29.9 Å². The van der Waals surface area contributed by atoms with E-state index in [1.807, 2.05) is 10.9 Å². The van der Waals surface area contributed by atoms with E-state index in [4.69, 9.17) is 0 Å². The minimum absolute atomic E-state index is 0.452. The van der Waals surface area contributed by atoms with Crippen molar-refractivity contribution in [3.8, 4) is 0 Å². The highest BCUT2D eigenvalue weighted by atomic mass is 15.3. The molecule has 1 unspecified atom stereocenters. The summed E-state index contributed by atoms with van der Waals surface area (Å²) in [5, 5.41) is 7.76. The minimum atomic E-state index is 0.452. The van der Waals surface area contributed by atoms with Crippen molar-refractivity contribution in [1.82, 2.24) is 15.1 Å². The first-order chi connectivity index (χ1) is 7.13. The van der Waals surface area contributed by atoms with Gasteiger partial charge >= 0.3 is 0 Å². The van der Waals surface area contributed by atoms with Gasteiger partial charge in [0.1, 0.15) is 0 Å². The van der Waals surface area contributed by atoms with Gasteiger partial charge in [-0.15, -0.1) is 0 Å². The van der Waals surface area contributed by atoms with Crippen LogP contribution in [0.2, 0.25) is 0 Å². The smallest absolute Gasteiger partial charge is 0.0534 e. The maximum atomic E-state index is 4.31. The molecule has 0 spiro atoms. The predicted molar refractivity (Wildman–Crippen MR) is 63.8 cm³/mol. The molecule has 0 fully saturated rings. The van der Waals surface area contributed by atoms with E-state index in [9.17, 15) is 0 Å². The molecule has 0 aliphatic carbocycles. The number of hydrogen-bond donors (Lipinski definition) is 1. The molecular weight excluding hydrogens is 186 g/mol. The number of aromatic nitrogens is 2. The van der Waals surface area contributed by atoms with Crippen LogP contribution in [0, 0.1) is 5.92 Å². The highest BCUT2D eigenvalue weighted by Gasteiger charge is 2.02. The quantitative estimate of drug-likeness (QED) is 0.780. The van der Waals surface area contributed by atoms with Crippen LogP contribution in [0.15, 0.2) is 12.4 Å². The third-order valence-electron chi connectivity index (χ3n) is 2.70. The van der Waals surface area contributed by atoms with Gasteiger partial charge in [0.05, 0.1) is 6.20 Å². The van der Waals surface area contributed by atoms with Crippen molar-refractivity contribution in [3.63, 3.8) is 0 Å². The highest BCUT2D eigenvalue weighted by Crippen LogP contribution is 2.05. The van der Waals surface area contributed by atoms with Gasteiger partial charge in [0.15, 0.2) is 0 Å². The Labute approximate surface area is 92.9 Å².